The van der Waals surface area contributed by atoms with Crippen molar-refractivity contribution in [3.63, 3.8) is 0 Å². The lowest BCUT2D eigenvalue weighted by Crippen LogP contribution is -2.22. The molecule has 2 nitrogen and oxygen atoms in total. The van der Waals surface area contributed by atoms with Crippen molar-refractivity contribution in [1.82, 2.24) is 5.32 Å². The summed E-state index contributed by atoms with van der Waals surface area (Å²) >= 11 is 0. The van der Waals surface area contributed by atoms with Gasteiger partial charge in [0.15, 0.2) is 0 Å². The van der Waals surface area contributed by atoms with E-state index >= 15 is 0 Å². The summed E-state index contributed by atoms with van der Waals surface area (Å²) in [7, 11) is 0. The summed E-state index contributed by atoms with van der Waals surface area (Å²) in [6.45, 7) is 7.47. The molecule has 1 unspecified atom stereocenters. The SMILES string of the molecule is CC/C=C\CC/C=C/C=C\C=C\C1(CCNCCCCCC)CO1. The Labute approximate surface area is 149 Å². The lowest BCUT2D eigenvalue weighted by atomic mass is 10.1. The standard InChI is InChI=1S/C22H37NO/c1-3-5-7-9-10-11-12-13-14-15-17-22(21-24-22)18-20-23-19-16-8-6-4-2/h5,7,11-15,17,23H,3-4,6,8-10,16,18-21H2,1-2H3/b7-5-,12-11+,14-13-,17-15+. The van der Waals surface area contributed by atoms with E-state index in [-0.39, 0.29) is 5.60 Å². The highest BCUT2D eigenvalue weighted by Crippen LogP contribution is 2.32. The highest BCUT2D eigenvalue weighted by atomic mass is 16.6. The van der Waals surface area contributed by atoms with E-state index in [9.17, 15) is 0 Å². The first-order chi connectivity index (χ1) is 11.8. The zero-order chi connectivity index (χ0) is 17.3. The molecule has 136 valence electrons. The summed E-state index contributed by atoms with van der Waals surface area (Å²) in [6.07, 6.45) is 27.1. The highest BCUT2D eigenvalue weighted by molar-refractivity contribution is 5.18. The molecule has 0 radical (unpaired) electrons. The van der Waals surface area contributed by atoms with Gasteiger partial charge in [0, 0.05) is 0 Å². The van der Waals surface area contributed by atoms with Gasteiger partial charge in [-0.05, 0) is 45.2 Å². The molecule has 1 N–H and O–H groups in total. The second-order valence-corrected chi connectivity index (χ2v) is 6.54. The topological polar surface area (TPSA) is 24.6 Å². The van der Waals surface area contributed by atoms with Crippen LogP contribution in [0.2, 0.25) is 0 Å². The van der Waals surface area contributed by atoms with Crippen LogP contribution in [0.4, 0.5) is 0 Å². The Balaban J connectivity index is 2.05. The van der Waals surface area contributed by atoms with Crippen molar-refractivity contribution in [3.05, 3.63) is 48.6 Å². The summed E-state index contributed by atoms with van der Waals surface area (Å²) < 4.78 is 5.64. The van der Waals surface area contributed by atoms with E-state index in [2.05, 4.69) is 67.8 Å². The molecule has 1 saturated heterocycles. The number of epoxide rings is 1. The molecule has 0 bridgehead atoms. The predicted molar refractivity (Wildman–Crippen MR) is 106 cm³/mol. The molecule has 1 aliphatic rings. The maximum atomic E-state index is 5.64. The van der Waals surface area contributed by atoms with Gasteiger partial charge in [-0.25, -0.2) is 0 Å². The molecule has 0 aromatic carbocycles. The average molecular weight is 332 g/mol. The first kappa shape index (κ1) is 20.9. The van der Waals surface area contributed by atoms with Crippen LogP contribution < -0.4 is 5.32 Å². The summed E-state index contributed by atoms with van der Waals surface area (Å²) in [5, 5.41) is 3.53. The van der Waals surface area contributed by atoms with E-state index in [1.54, 1.807) is 0 Å². The van der Waals surface area contributed by atoms with Gasteiger partial charge in [-0.3, -0.25) is 0 Å². The van der Waals surface area contributed by atoms with Crippen molar-refractivity contribution < 1.29 is 4.74 Å². The summed E-state index contributed by atoms with van der Waals surface area (Å²) in [6, 6.07) is 0. The zero-order valence-electron chi connectivity index (χ0n) is 15.8. The lowest BCUT2D eigenvalue weighted by Gasteiger charge is -2.07. The fraction of sp³-hybridized carbons (Fsp3) is 0.636. The van der Waals surface area contributed by atoms with Crippen LogP contribution in [-0.4, -0.2) is 25.3 Å². The van der Waals surface area contributed by atoms with E-state index in [4.69, 9.17) is 4.74 Å². The number of nitrogens with one attached hydrogen (secondary N) is 1. The molecule has 1 fully saturated rings. The van der Waals surface area contributed by atoms with E-state index in [1.807, 2.05) is 0 Å². The second-order valence-electron chi connectivity index (χ2n) is 6.54. The van der Waals surface area contributed by atoms with Gasteiger partial charge < -0.3 is 10.1 Å². The average Bonchev–Trinajstić information content (AvgIpc) is 3.36. The first-order valence-corrected chi connectivity index (χ1v) is 9.83. The Kier molecular flexibility index (Phi) is 12.4. The van der Waals surface area contributed by atoms with Gasteiger partial charge in [0.2, 0.25) is 0 Å². The molecular formula is C22H37NO. The zero-order valence-corrected chi connectivity index (χ0v) is 15.8. The number of ether oxygens (including phenoxy) is 1. The van der Waals surface area contributed by atoms with Crippen LogP contribution in [0, 0.1) is 0 Å². The van der Waals surface area contributed by atoms with Crippen molar-refractivity contribution in [3.8, 4) is 0 Å². The second kappa shape index (κ2) is 14.2. The van der Waals surface area contributed by atoms with E-state index in [1.165, 1.54) is 25.7 Å². The van der Waals surface area contributed by atoms with Crippen LogP contribution in [0.1, 0.15) is 65.2 Å². The third kappa shape index (κ3) is 11.4. The smallest absolute Gasteiger partial charge is 0.111 e. The quantitative estimate of drug-likeness (QED) is 0.179. The van der Waals surface area contributed by atoms with Crippen molar-refractivity contribution in [1.29, 1.82) is 0 Å². The van der Waals surface area contributed by atoms with Crippen LogP contribution in [0.3, 0.4) is 0 Å². The van der Waals surface area contributed by atoms with Gasteiger partial charge in [-0.2, -0.15) is 0 Å². The van der Waals surface area contributed by atoms with E-state index < -0.39 is 0 Å². The Hall–Kier alpha value is -1.12. The fourth-order valence-electron chi connectivity index (χ4n) is 2.53. The summed E-state index contributed by atoms with van der Waals surface area (Å²) in [5.74, 6) is 0. The minimum absolute atomic E-state index is 0.00935. The van der Waals surface area contributed by atoms with Crippen molar-refractivity contribution >= 4 is 0 Å². The molecule has 0 spiro atoms. The monoisotopic (exact) mass is 331 g/mol. The predicted octanol–water partition coefficient (Wildman–Crippen LogP) is 5.73. The third-order valence-electron chi connectivity index (χ3n) is 4.22. The molecule has 0 aliphatic carbocycles. The van der Waals surface area contributed by atoms with Gasteiger partial charge >= 0.3 is 0 Å². The minimum atomic E-state index is 0.00935. The number of allylic oxidation sites excluding steroid dienone is 7. The molecule has 1 rings (SSSR count). The first-order valence-electron chi connectivity index (χ1n) is 9.83. The maximum absolute atomic E-state index is 5.64. The van der Waals surface area contributed by atoms with Crippen molar-refractivity contribution in [2.45, 2.75) is 70.8 Å². The minimum Gasteiger partial charge on any atom is -0.365 e. The van der Waals surface area contributed by atoms with Crippen molar-refractivity contribution in [2.75, 3.05) is 19.7 Å². The number of unbranched alkanes of at least 4 members (excludes halogenated alkanes) is 4. The van der Waals surface area contributed by atoms with Crippen LogP contribution in [0.15, 0.2) is 48.6 Å². The molecule has 0 aromatic rings. The maximum Gasteiger partial charge on any atom is 0.111 e. The molecule has 2 heteroatoms. The highest BCUT2D eigenvalue weighted by Gasteiger charge is 2.40. The Morgan fingerprint density at radius 1 is 0.875 bits per heavy atom. The van der Waals surface area contributed by atoms with Crippen LogP contribution in [-0.2, 0) is 4.74 Å². The van der Waals surface area contributed by atoms with Crippen LogP contribution >= 0.6 is 0 Å². The molecule has 1 heterocycles. The molecule has 1 aliphatic heterocycles. The van der Waals surface area contributed by atoms with Crippen molar-refractivity contribution in [2.24, 2.45) is 0 Å². The van der Waals surface area contributed by atoms with E-state index in [0.29, 0.717) is 0 Å². The molecule has 0 aromatic heterocycles. The van der Waals surface area contributed by atoms with Gasteiger partial charge in [0.05, 0.1) is 6.61 Å². The van der Waals surface area contributed by atoms with Crippen LogP contribution in [0.25, 0.3) is 0 Å². The van der Waals surface area contributed by atoms with Gasteiger partial charge in [-0.1, -0.05) is 81.7 Å². The summed E-state index contributed by atoms with van der Waals surface area (Å²) in [4.78, 5) is 0. The third-order valence-corrected chi connectivity index (χ3v) is 4.22. The molecule has 1 atom stereocenters. The normalized spacial score (nSPS) is 21.1. The van der Waals surface area contributed by atoms with Gasteiger partial charge in [-0.15, -0.1) is 0 Å². The largest absolute Gasteiger partial charge is 0.365 e. The number of hydrogen-bond acceptors (Lipinski definition) is 2. The Bertz CT molecular complexity index is 402. The Morgan fingerprint density at radius 2 is 1.67 bits per heavy atom. The molecule has 24 heavy (non-hydrogen) atoms. The summed E-state index contributed by atoms with van der Waals surface area (Å²) in [5.41, 5.74) is 0.00935. The fourth-order valence-corrected chi connectivity index (χ4v) is 2.53. The Morgan fingerprint density at radius 3 is 2.42 bits per heavy atom. The van der Waals surface area contributed by atoms with E-state index in [0.717, 1.165) is 45.4 Å². The molecule has 0 saturated carbocycles. The lowest BCUT2D eigenvalue weighted by molar-refractivity contribution is 0.332. The van der Waals surface area contributed by atoms with Gasteiger partial charge in [0.1, 0.15) is 5.60 Å². The molecular weight excluding hydrogens is 294 g/mol. The number of hydrogen-bond donors (Lipinski definition) is 1. The molecule has 0 amide bonds. The number of rotatable bonds is 15. The van der Waals surface area contributed by atoms with Crippen LogP contribution in [0.5, 0.6) is 0 Å². The van der Waals surface area contributed by atoms with Gasteiger partial charge in [0.25, 0.3) is 0 Å².